The average Bonchev–Trinajstić information content (AvgIpc) is 3.47. The number of likely N-dealkylation sites (N-methyl/N-ethyl adjacent to an activating group) is 1. The highest BCUT2D eigenvalue weighted by molar-refractivity contribution is 6.05. The second-order valence-corrected chi connectivity index (χ2v) is 8.24. The molecule has 2 aromatic heterocycles. The van der Waals surface area contributed by atoms with Crippen molar-refractivity contribution in [2.75, 3.05) is 37.5 Å². The number of fused-ring (bicyclic) bond motifs is 2. The molecule has 0 bridgehead atoms. The van der Waals surface area contributed by atoms with Crippen molar-refractivity contribution < 1.29 is 14.3 Å². The number of ether oxygens (including phenoxy) is 2. The van der Waals surface area contributed by atoms with Gasteiger partial charge in [-0.1, -0.05) is 6.07 Å². The summed E-state index contributed by atoms with van der Waals surface area (Å²) in [6.07, 6.45) is 4.36. The second kappa shape index (κ2) is 9.05. The quantitative estimate of drug-likeness (QED) is 0.449. The van der Waals surface area contributed by atoms with Crippen molar-refractivity contribution in [2.45, 2.75) is 19.9 Å². The van der Waals surface area contributed by atoms with Gasteiger partial charge in [-0.15, -0.1) is 0 Å². The van der Waals surface area contributed by atoms with E-state index in [1.54, 1.807) is 31.3 Å². The Balaban J connectivity index is 1.35. The first-order chi connectivity index (χ1) is 16.6. The molecule has 0 atom stereocenters. The van der Waals surface area contributed by atoms with E-state index in [2.05, 4.69) is 39.4 Å². The molecule has 0 unspecified atom stereocenters. The number of benzene rings is 2. The van der Waals surface area contributed by atoms with Gasteiger partial charge in [-0.25, -0.2) is 9.67 Å². The molecule has 0 saturated carbocycles. The lowest BCUT2D eigenvalue weighted by Gasteiger charge is -2.17. The van der Waals surface area contributed by atoms with Crippen molar-refractivity contribution in [2.24, 2.45) is 0 Å². The zero-order valence-corrected chi connectivity index (χ0v) is 19.5. The topological polar surface area (TPSA) is 81.5 Å². The van der Waals surface area contributed by atoms with Gasteiger partial charge in [-0.05, 0) is 49.2 Å². The Labute approximate surface area is 198 Å². The van der Waals surface area contributed by atoms with Crippen LogP contribution in [0.25, 0.3) is 11.0 Å². The smallest absolute Gasteiger partial charge is 0.257 e. The molecule has 1 amide bonds. The summed E-state index contributed by atoms with van der Waals surface area (Å²) in [7, 11) is 3.25. The number of amides is 1. The molecule has 174 valence electrons. The summed E-state index contributed by atoms with van der Waals surface area (Å²) in [6.45, 7) is 4.61. The molecule has 0 fully saturated rings. The summed E-state index contributed by atoms with van der Waals surface area (Å²) in [5.41, 5.74) is 5.45. The predicted octanol–water partition coefficient (Wildman–Crippen LogP) is 4.13. The van der Waals surface area contributed by atoms with E-state index in [0.29, 0.717) is 17.8 Å². The number of rotatable bonds is 7. The molecule has 2 aromatic carbocycles. The summed E-state index contributed by atoms with van der Waals surface area (Å²) in [4.78, 5) is 19.8. The maximum atomic E-state index is 12.9. The van der Waals surface area contributed by atoms with Gasteiger partial charge in [0.1, 0.15) is 11.5 Å². The minimum atomic E-state index is -0.194. The van der Waals surface area contributed by atoms with Crippen LogP contribution in [0.3, 0.4) is 0 Å². The number of pyridine rings is 1. The van der Waals surface area contributed by atoms with Crippen molar-refractivity contribution in [1.82, 2.24) is 14.8 Å². The van der Waals surface area contributed by atoms with Crippen molar-refractivity contribution in [3.05, 3.63) is 71.5 Å². The van der Waals surface area contributed by atoms with E-state index in [1.807, 2.05) is 30.3 Å². The number of nitrogens with zero attached hydrogens (tertiary/aromatic N) is 4. The molecule has 0 radical (unpaired) electrons. The SMILES string of the molecule is CCN1CCc2ccc(NC(=O)c3cnc4c(cnn4Cc4ccc(OC)cc4OC)c3)cc21. The highest BCUT2D eigenvalue weighted by Gasteiger charge is 2.19. The zero-order chi connectivity index (χ0) is 23.7. The predicted molar refractivity (Wildman–Crippen MR) is 132 cm³/mol. The molecular formula is C26H27N5O3. The van der Waals surface area contributed by atoms with Gasteiger partial charge in [0.15, 0.2) is 5.65 Å². The highest BCUT2D eigenvalue weighted by Crippen LogP contribution is 2.31. The van der Waals surface area contributed by atoms with E-state index >= 15 is 0 Å². The minimum Gasteiger partial charge on any atom is -0.497 e. The zero-order valence-electron chi connectivity index (χ0n) is 19.5. The van der Waals surface area contributed by atoms with Crippen molar-refractivity contribution >= 4 is 28.3 Å². The van der Waals surface area contributed by atoms with Crippen LogP contribution in [0.2, 0.25) is 0 Å². The Morgan fingerprint density at radius 3 is 2.76 bits per heavy atom. The monoisotopic (exact) mass is 457 g/mol. The van der Waals surface area contributed by atoms with E-state index in [-0.39, 0.29) is 5.91 Å². The van der Waals surface area contributed by atoms with Gasteiger partial charge >= 0.3 is 0 Å². The molecule has 5 rings (SSSR count). The van der Waals surface area contributed by atoms with Gasteiger partial charge in [0, 0.05) is 47.7 Å². The van der Waals surface area contributed by atoms with E-state index < -0.39 is 0 Å². The maximum Gasteiger partial charge on any atom is 0.257 e. The maximum absolute atomic E-state index is 12.9. The molecule has 1 N–H and O–H groups in total. The summed E-state index contributed by atoms with van der Waals surface area (Å²) < 4.78 is 12.6. The van der Waals surface area contributed by atoms with Crippen LogP contribution in [-0.4, -0.2) is 48.0 Å². The largest absolute Gasteiger partial charge is 0.497 e. The molecule has 0 saturated heterocycles. The van der Waals surface area contributed by atoms with Gasteiger partial charge in [-0.3, -0.25) is 4.79 Å². The van der Waals surface area contributed by atoms with Crippen LogP contribution in [0.5, 0.6) is 11.5 Å². The Kier molecular flexibility index (Phi) is 5.79. The van der Waals surface area contributed by atoms with Crippen LogP contribution >= 0.6 is 0 Å². The average molecular weight is 458 g/mol. The molecule has 8 heteroatoms. The molecule has 0 aliphatic carbocycles. The molecule has 1 aliphatic rings. The fourth-order valence-electron chi connectivity index (χ4n) is 4.41. The standard InChI is InChI=1S/C26H27N5O3/c1-4-30-10-9-17-5-7-21(12-23(17)30)29-26(32)20-11-19-15-28-31(25(19)27-14-20)16-18-6-8-22(33-2)13-24(18)34-3/h5-8,11-15H,4,9-10,16H2,1-3H3,(H,29,32). The lowest BCUT2D eigenvalue weighted by Crippen LogP contribution is -2.19. The fraction of sp³-hybridized carbons (Fsp3) is 0.269. The Hall–Kier alpha value is -4.07. The lowest BCUT2D eigenvalue weighted by molar-refractivity contribution is 0.102. The van der Waals surface area contributed by atoms with E-state index in [1.165, 1.54) is 11.3 Å². The summed E-state index contributed by atoms with van der Waals surface area (Å²) >= 11 is 0. The summed E-state index contributed by atoms with van der Waals surface area (Å²) in [5.74, 6) is 1.25. The van der Waals surface area contributed by atoms with Crippen LogP contribution in [0, 0.1) is 0 Å². The highest BCUT2D eigenvalue weighted by atomic mass is 16.5. The third-order valence-electron chi connectivity index (χ3n) is 6.27. The second-order valence-electron chi connectivity index (χ2n) is 8.24. The Morgan fingerprint density at radius 1 is 1.09 bits per heavy atom. The van der Waals surface area contributed by atoms with Gasteiger partial charge in [-0.2, -0.15) is 5.10 Å². The molecule has 8 nitrogen and oxygen atoms in total. The van der Waals surface area contributed by atoms with Crippen LogP contribution in [0.1, 0.15) is 28.4 Å². The normalized spacial score (nSPS) is 12.6. The number of methoxy groups -OCH3 is 2. The Bertz CT molecular complexity index is 1360. The van der Waals surface area contributed by atoms with Crippen LogP contribution in [-0.2, 0) is 13.0 Å². The fourth-order valence-corrected chi connectivity index (χ4v) is 4.41. The number of hydrogen-bond acceptors (Lipinski definition) is 6. The molecular weight excluding hydrogens is 430 g/mol. The van der Waals surface area contributed by atoms with Crippen LogP contribution < -0.4 is 19.7 Å². The van der Waals surface area contributed by atoms with Crippen molar-refractivity contribution in [3.8, 4) is 11.5 Å². The number of carbonyl (C=O) groups excluding carboxylic acids is 1. The first-order valence-electron chi connectivity index (χ1n) is 11.3. The molecule has 4 aromatic rings. The third-order valence-corrected chi connectivity index (χ3v) is 6.27. The number of aromatic nitrogens is 3. The number of hydrogen-bond donors (Lipinski definition) is 1. The number of anilines is 2. The summed E-state index contributed by atoms with van der Waals surface area (Å²) in [6, 6.07) is 13.6. The first-order valence-corrected chi connectivity index (χ1v) is 11.3. The van der Waals surface area contributed by atoms with E-state index in [9.17, 15) is 4.79 Å². The van der Waals surface area contributed by atoms with E-state index in [4.69, 9.17) is 9.47 Å². The van der Waals surface area contributed by atoms with Crippen molar-refractivity contribution in [3.63, 3.8) is 0 Å². The molecule has 34 heavy (non-hydrogen) atoms. The third kappa shape index (κ3) is 4.03. The Morgan fingerprint density at radius 2 is 1.97 bits per heavy atom. The molecule has 1 aliphatic heterocycles. The van der Waals surface area contributed by atoms with Crippen molar-refractivity contribution in [1.29, 1.82) is 0 Å². The van der Waals surface area contributed by atoms with Crippen LogP contribution in [0.4, 0.5) is 11.4 Å². The lowest BCUT2D eigenvalue weighted by atomic mass is 10.1. The van der Waals surface area contributed by atoms with Gasteiger partial charge < -0.3 is 19.7 Å². The molecule has 3 heterocycles. The minimum absolute atomic E-state index is 0.194. The van der Waals surface area contributed by atoms with Gasteiger partial charge in [0.05, 0.1) is 32.5 Å². The summed E-state index contributed by atoms with van der Waals surface area (Å²) in [5, 5.41) is 8.29. The van der Waals surface area contributed by atoms with Crippen LogP contribution in [0.15, 0.2) is 54.9 Å². The van der Waals surface area contributed by atoms with E-state index in [0.717, 1.165) is 47.6 Å². The first kappa shape index (κ1) is 21.8. The van der Waals surface area contributed by atoms with Gasteiger partial charge in [0.2, 0.25) is 0 Å². The molecule has 0 spiro atoms. The van der Waals surface area contributed by atoms with Gasteiger partial charge in [0.25, 0.3) is 5.91 Å². The number of nitrogens with one attached hydrogen (secondary N) is 1. The number of carbonyl (C=O) groups is 1.